The van der Waals surface area contributed by atoms with Crippen molar-refractivity contribution in [1.29, 1.82) is 0 Å². The molecule has 0 unspecified atom stereocenters. The zero-order valence-corrected chi connectivity index (χ0v) is 10.1. The zero-order chi connectivity index (χ0) is 12.3. The molecule has 0 spiro atoms. The third-order valence-corrected chi connectivity index (χ3v) is 2.61. The minimum atomic E-state index is 0.160. The number of aromatic nitrogens is 4. The minimum Gasteiger partial charge on any atom is -0.298 e. The molecule has 88 valence electrons. The van der Waals surface area contributed by atoms with E-state index in [9.17, 15) is 4.79 Å². The molecule has 0 aliphatic heterocycles. The van der Waals surface area contributed by atoms with Gasteiger partial charge in [0, 0.05) is 18.3 Å². The van der Waals surface area contributed by atoms with Crippen LogP contribution in [-0.4, -0.2) is 26.0 Å². The van der Waals surface area contributed by atoms with Gasteiger partial charge in [-0.3, -0.25) is 9.48 Å². The van der Waals surface area contributed by atoms with Gasteiger partial charge in [-0.05, 0) is 6.42 Å². The Morgan fingerprint density at radius 3 is 3.00 bits per heavy atom. The smallest absolute Gasteiger partial charge is 0.155 e. The number of halogens is 1. The number of aldehydes is 1. The molecular formula is C11H11ClN4O. The molecule has 2 aromatic rings. The highest BCUT2D eigenvalue weighted by Gasteiger charge is 2.12. The number of aryl methyl sites for hydroxylation is 1. The van der Waals surface area contributed by atoms with Crippen LogP contribution in [0.15, 0.2) is 18.7 Å². The summed E-state index contributed by atoms with van der Waals surface area (Å²) in [4.78, 5) is 18.8. The molecule has 2 heterocycles. The van der Waals surface area contributed by atoms with Crippen LogP contribution in [0.2, 0.25) is 5.15 Å². The van der Waals surface area contributed by atoms with Crippen molar-refractivity contribution in [3.63, 3.8) is 0 Å². The fourth-order valence-electron chi connectivity index (χ4n) is 1.55. The summed E-state index contributed by atoms with van der Waals surface area (Å²) in [7, 11) is 0. The number of carbonyl (C=O) groups excluding carboxylic acids is 1. The van der Waals surface area contributed by atoms with Crippen LogP contribution < -0.4 is 0 Å². The zero-order valence-electron chi connectivity index (χ0n) is 9.30. The Bertz CT molecular complexity index is 538. The van der Waals surface area contributed by atoms with Gasteiger partial charge >= 0.3 is 0 Å². The first-order chi connectivity index (χ1) is 8.26. The highest BCUT2D eigenvalue weighted by atomic mass is 35.5. The van der Waals surface area contributed by atoms with E-state index in [1.807, 2.05) is 6.20 Å². The Morgan fingerprint density at radius 1 is 1.47 bits per heavy atom. The first-order valence-electron chi connectivity index (χ1n) is 5.24. The number of nitrogens with zero attached hydrogens (tertiary/aromatic N) is 4. The molecule has 0 aromatic carbocycles. The highest BCUT2D eigenvalue weighted by molar-refractivity contribution is 6.32. The fraction of sp³-hybridized carbons (Fsp3) is 0.273. The SMILES string of the molecule is CCCn1cc(-c2ncnc(Cl)c2C=O)cn1. The summed E-state index contributed by atoms with van der Waals surface area (Å²) in [5.41, 5.74) is 1.58. The van der Waals surface area contributed by atoms with Crippen molar-refractivity contribution in [3.05, 3.63) is 29.4 Å². The summed E-state index contributed by atoms with van der Waals surface area (Å²) < 4.78 is 1.81. The molecule has 0 atom stereocenters. The lowest BCUT2D eigenvalue weighted by atomic mass is 10.1. The van der Waals surface area contributed by atoms with E-state index < -0.39 is 0 Å². The maximum absolute atomic E-state index is 11.0. The molecule has 5 nitrogen and oxygen atoms in total. The van der Waals surface area contributed by atoms with Crippen LogP contribution in [-0.2, 0) is 6.54 Å². The van der Waals surface area contributed by atoms with E-state index in [1.165, 1.54) is 6.33 Å². The van der Waals surface area contributed by atoms with E-state index in [-0.39, 0.29) is 5.15 Å². The van der Waals surface area contributed by atoms with Crippen LogP contribution in [0.5, 0.6) is 0 Å². The second-order valence-corrected chi connectivity index (χ2v) is 3.89. The van der Waals surface area contributed by atoms with Crippen LogP contribution in [0.4, 0.5) is 0 Å². The van der Waals surface area contributed by atoms with Crippen LogP contribution in [0, 0.1) is 0 Å². The third kappa shape index (κ3) is 2.34. The average molecular weight is 251 g/mol. The molecule has 0 N–H and O–H groups in total. The molecule has 0 fully saturated rings. The Balaban J connectivity index is 2.45. The summed E-state index contributed by atoms with van der Waals surface area (Å²) >= 11 is 5.84. The molecule has 2 aromatic heterocycles. The number of hydrogen-bond donors (Lipinski definition) is 0. The van der Waals surface area contributed by atoms with Gasteiger partial charge in [-0.25, -0.2) is 9.97 Å². The monoisotopic (exact) mass is 250 g/mol. The molecule has 0 amide bonds. The van der Waals surface area contributed by atoms with Crippen molar-refractivity contribution in [2.75, 3.05) is 0 Å². The Hall–Kier alpha value is -1.75. The standard InChI is InChI=1S/C11H11ClN4O/c1-2-3-16-5-8(4-15-16)10-9(6-17)11(12)14-7-13-10/h4-7H,2-3H2,1H3. The predicted molar refractivity (Wildman–Crippen MR) is 63.9 cm³/mol. The first-order valence-corrected chi connectivity index (χ1v) is 5.62. The lowest BCUT2D eigenvalue weighted by molar-refractivity contribution is 0.112. The van der Waals surface area contributed by atoms with Crippen molar-refractivity contribution in [1.82, 2.24) is 19.7 Å². The van der Waals surface area contributed by atoms with Gasteiger partial charge < -0.3 is 0 Å². The maximum atomic E-state index is 11.0. The molecule has 0 bridgehead atoms. The van der Waals surface area contributed by atoms with Crippen molar-refractivity contribution in [2.24, 2.45) is 0 Å². The molecular weight excluding hydrogens is 240 g/mol. The number of rotatable bonds is 4. The number of hydrogen-bond acceptors (Lipinski definition) is 4. The van der Waals surface area contributed by atoms with Gasteiger partial charge in [-0.15, -0.1) is 0 Å². The molecule has 0 aliphatic rings. The summed E-state index contributed by atoms with van der Waals surface area (Å²) in [6, 6.07) is 0. The average Bonchev–Trinajstić information content (AvgIpc) is 2.78. The van der Waals surface area contributed by atoms with Crippen LogP contribution in [0.25, 0.3) is 11.3 Å². The normalized spacial score (nSPS) is 10.5. The summed E-state index contributed by atoms with van der Waals surface area (Å²) in [6.45, 7) is 2.90. The van der Waals surface area contributed by atoms with Crippen molar-refractivity contribution in [3.8, 4) is 11.3 Å². The summed E-state index contributed by atoms with van der Waals surface area (Å²) in [5.74, 6) is 0. The van der Waals surface area contributed by atoms with Crippen LogP contribution >= 0.6 is 11.6 Å². The second-order valence-electron chi connectivity index (χ2n) is 3.54. The molecule has 0 saturated carbocycles. The summed E-state index contributed by atoms with van der Waals surface area (Å²) in [6.07, 6.45) is 6.50. The Labute approximate surface area is 103 Å². The van der Waals surface area contributed by atoms with E-state index in [2.05, 4.69) is 22.0 Å². The number of carbonyl (C=O) groups is 1. The molecule has 17 heavy (non-hydrogen) atoms. The fourth-order valence-corrected chi connectivity index (χ4v) is 1.72. The van der Waals surface area contributed by atoms with Gasteiger partial charge in [0.05, 0.1) is 17.5 Å². The van der Waals surface area contributed by atoms with E-state index >= 15 is 0 Å². The molecule has 2 rings (SSSR count). The molecule has 6 heteroatoms. The third-order valence-electron chi connectivity index (χ3n) is 2.31. The Kier molecular flexibility index (Phi) is 3.49. The largest absolute Gasteiger partial charge is 0.298 e. The lowest BCUT2D eigenvalue weighted by Crippen LogP contribution is -1.96. The summed E-state index contributed by atoms with van der Waals surface area (Å²) in [5, 5.41) is 4.35. The van der Waals surface area contributed by atoms with Gasteiger partial charge in [-0.2, -0.15) is 5.10 Å². The highest BCUT2D eigenvalue weighted by Crippen LogP contribution is 2.23. The van der Waals surface area contributed by atoms with Gasteiger partial charge in [0.1, 0.15) is 11.5 Å². The van der Waals surface area contributed by atoms with E-state index in [1.54, 1.807) is 10.9 Å². The molecule has 0 aliphatic carbocycles. The van der Waals surface area contributed by atoms with Crippen molar-refractivity contribution in [2.45, 2.75) is 19.9 Å². The van der Waals surface area contributed by atoms with Gasteiger partial charge in [0.15, 0.2) is 6.29 Å². The van der Waals surface area contributed by atoms with E-state index in [4.69, 9.17) is 11.6 Å². The van der Waals surface area contributed by atoms with E-state index in [0.29, 0.717) is 17.5 Å². The van der Waals surface area contributed by atoms with Gasteiger partial charge in [0.25, 0.3) is 0 Å². The van der Waals surface area contributed by atoms with E-state index in [0.717, 1.165) is 18.5 Å². The van der Waals surface area contributed by atoms with Crippen molar-refractivity contribution >= 4 is 17.9 Å². The molecule has 0 radical (unpaired) electrons. The van der Waals surface area contributed by atoms with Crippen molar-refractivity contribution < 1.29 is 4.79 Å². The van der Waals surface area contributed by atoms with Crippen LogP contribution in [0.1, 0.15) is 23.7 Å². The second kappa shape index (κ2) is 5.05. The van der Waals surface area contributed by atoms with Gasteiger partial charge in [-0.1, -0.05) is 18.5 Å². The Morgan fingerprint density at radius 2 is 2.29 bits per heavy atom. The topological polar surface area (TPSA) is 60.7 Å². The quantitative estimate of drug-likeness (QED) is 0.617. The first kappa shape index (κ1) is 11.7. The lowest BCUT2D eigenvalue weighted by Gasteiger charge is -2.01. The van der Waals surface area contributed by atoms with Crippen LogP contribution in [0.3, 0.4) is 0 Å². The molecule has 0 saturated heterocycles. The maximum Gasteiger partial charge on any atom is 0.155 e. The van der Waals surface area contributed by atoms with Gasteiger partial charge in [0.2, 0.25) is 0 Å². The predicted octanol–water partition coefficient (Wildman–Crippen LogP) is 2.22. The minimum absolute atomic E-state index is 0.160.